The van der Waals surface area contributed by atoms with Gasteiger partial charge >= 0.3 is 6.09 Å². The Morgan fingerprint density at radius 3 is 2.48 bits per heavy atom. The van der Waals surface area contributed by atoms with Crippen LogP contribution in [0.15, 0.2) is 66.7 Å². The van der Waals surface area contributed by atoms with Gasteiger partial charge in [0.2, 0.25) is 0 Å². The summed E-state index contributed by atoms with van der Waals surface area (Å²) in [5.41, 5.74) is 1.73. The molecule has 3 rings (SSSR count). The predicted molar refractivity (Wildman–Crippen MR) is 97.1 cm³/mol. The number of nitrogens with one attached hydrogen (secondary N) is 1. The molecule has 0 saturated heterocycles. The van der Waals surface area contributed by atoms with Crippen LogP contribution in [0.2, 0.25) is 0 Å². The number of hydrogen-bond acceptors (Lipinski definition) is 3. The summed E-state index contributed by atoms with van der Waals surface area (Å²) in [6, 6.07) is 20.4. The number of benzene rings is 3. The normalized spacial score (nSPS) is 9.92. The summed E-state index contributed by atoms with van der Waals surface area (Å²) in [4.78, 5) is 11.7. The van der Waals surface area contributed by atoms with Gasteiger partial charge in [-0.3, -0.25) is 0 Å². The Morgan fingerprint density at radius 2 is 1.68 bits per heavy atom. The first-order chi connectivity index (χ1) is 12.2. The van der Waals surface area contributed by atoms with Crippen LogP contribution in [0.1, 0.15) is 11.1 Å². The third kappa shape index (κ3) is 4.30. The zero-order valence-electron chi connectivity index (χ0n) is 13.5. The first kappa shape index (κ1) is 16.4. The van der Waals surface area contributed by atoms with E-state index in [0.717, 1.165) is 21.9 Å². The van der Waals surface area contributed by atoms with E-state index in [1.54, 1.807) is 12.1 Å². The Hall–Kier alpha value is -3.45. The smallest absolute Gasteiger partial charge is 0.408 e. The number of carbonyl (C=O) groups excluding carboxylic acids is 1. The highest BCUT2D eigenvalue weighted by Gasteiger charge is 2.03. The van der Waals surface area contributed by atoms with Gasteiger partial charge in [-0.15, -0.1) is 0 Å². The first-order valence-corrected chi connectivity index (χ1v) is 7.88. The van der Waals surface area contributed by atoms with Crippen molar-refractivity contribution in [3.05, 3.63) is 77.9 Å². The molecule has 0 aliphatic heterocycles. The van der Waals surface area contributed by atoms with E-state index in [2.05, 4.69) is 17.2 Å². The van der Waals surface area contributed by atoms with Crippen LogP contribution in [0, 0.1) is 11.8 Å². The first-order valence-electron chi connectivity index (χ1n) is 7.88. The molecule has 4 nitrogen and oxygen atoms in total. The summed E-state index contributed by atoms with van der Waals surface area (Å²) < 4.78 is 5.12. The molecule has 0 heterocycles. The second kappa shape index (κ2) is 7.89. The third-order valence-electron chi connectivity index (χ3n) is 3.66. The Bertz CT molecular complexity index is 940. The molecular weight excluding hydrogens is 314 g/mol. The largest absolute Gasteiger partial charge is 0.507 e. The predicted octanol–water partition coefficient (Wildman–Crippen LogP) is 3.82. The fraction of sp³-hybridized carbons (Fsp3) is 0.0952. The van der Waals surface area contributed by atoms with Crippen molar-refractivity contribution in [3.8, 4) is 17.6 Å². The number of alkyl carbamates (subject to hydrolysis) is 1. The van der Waals surface area contributed by atoms with Crippen molar-refractivity contribution >= 4 is 16.9 Å². The second-order valence-corrected chi connectivity index (χ2v) is 5.39. The van der Waals surface area contributed by atoms with Gasteiger partial charge in [0.25, 0.3) is 0 Å². The van der Waals surface area contributed by atoms with Gasteiger partial charge in [0.15, 0.2) is 0 Å². The highest BCUT2D eigenvalue weighted by atomic mass is 16.5. The van der Waals surface area contributed by atoms with Crippen LogP contribution < -0.4 is 5.32 Å². The zero-order valence-corrected chi connectivity index (χ0v) is 13.5. The van der Waals surface area contributed by atoms with E-state index in [1.165, 1.54) is 0 Å². The number of ether oxygens (including phenoxy) is 1. The van der Waals surface area contributed by atoms with E-state index in [-0.39, 0.29) is 18.9 Å². The average molecular weight is 331 g/mol. The molecule has 0 aliphatic rings. The topological polar surface area (TPSA) is 58.6 Å². The maximum atomic E-state index is 11.7. The van der Waals surface area contributed by atoms with Crippen molar-refractivity contribution in [2.45, 2.75) is 6.61 Å². The van der Waals surface area contributed by atoms with Crippen molar-refractivity contribution in [2.24, 2.45) is 0 Å². The molecule has 0 radical (unpaired) electrons. The summed E-state index contributed by atoms with van der Waals surface area (Å²) in [5, 5.41) is 14.1. The number of hydrogen-bond donors (Lipinski definition) is 2. The van der Waals surface area contributed by atoms with Gasteiger partial charge < -0.3 is 15.2 Å². The number of phenols is 1. The van der Waals surface area contributed by atoms with Gasteiger partial charge in [0.1, 0.15) is 12.4 Å². The fourth-order valence-electron chi connectivity index (χ4n) is 2.42. The molecule has 3 aromatic rings. The maximum absolute atomic E-state index is 11.7. The molecule has 1 amide bonds. The Balaban J connectivity index is 1.56. The van der Waals surface area contributed by atoms with Crippen molar-refractivity contribution in [1.82, 2.24) is 5.32 Å². The molecule has 0 unspecified atom stereocenters. The van der Waals surface area contributed by atoms with Crippen LogP contribution in [-0.2, 0) is 11.3 Å². The molecule has 0 bridgehead atoms. The highest BCUT2D eigenvalue weighted by molar-refractivity contribution is 5.92. The lowest BCUT2D eigenvalue weighted by molar-refractivity contribution is 0.141. The minimum absolute atomic E-state index is 0.183. The van der Waals surface area contributed by atoms with Crippen LogP contribution in [-0.4, -0.2) is 17.7 Å². The fourth-order valence-corrected chi connectivity index (χ4v) is 2.42. The van der Waals surface area contributed by atoms with Crippen molar-refractivity contribution in [1.29, 1.82) is 0 Å². The van der Waals surface area contributed by atoms with Gasteiger partial charge in [-0.1, -0.05) is 66.4 Å². The van der Waals surface area contributed by atoms with Gasteiger partial charge in [0, 0.05) is 16.3 Å². The molecule has 2 N–H and O–H groups in total. The second-order valence-electron chi connectivity index (χ2n) is 5.39. The molecule has 0 aromatic heterocycles. The summed E-state index contributed by atoms with van der Waals surface area (Å²) in [6.45, 7) is 0.408. The van der Waals surface area contributed by atoms with Gasteiger partial charge in [-0.05, 0) is 17.7 Å². The number of fused-ring (bicyclic) bond motifs is 1. The van der Waals surface area contributed by atoms with Crippen LogP contribution in [0.4, 0.5) is 4.79 Å². The average Bonchev–Trinajstić information content (AvgIpc) is 2.66. The molecule has 0 aliphatic carbocycles. The van der Waals surface area contributed by atoms with Crippen LogP contribution in [0.25, 0.3) is 10.8 Å². The standard InChI is InChI=1S/C21H17NO3/c23-20-13-12-17(18-10-4-5-11-19(18)20)9-6-14-22-21(24)25-15-16-7-2-1-3-8-16/h1-5,7-8,10-13,23H,14-15H2,(H,22,24). The number of phenolic OH excluding ortho intramolecular Hbond substituents is 1. The van der Waals surface area contributed by atoms with Crippen LogP contribution in [0.3, 0.4) is 0 Å². The molecule has 4 heteroatoms. The minimum Gasteiger partial charge on any atom is -0.507 e. The van der Waals surface area contributed by atoms with E-state index in [1.807, 2.05) is 54.6 Å². The number of rotatable bonds is 3. The number of aromatic hydroxyl groups is 1. The van der Waals surface area contributed by atoms with Gasteiger partial charge in [-0.2, -0.15) is 0 Å². The summed E-state index contributed by atoms with van der Waals surface area (Å²) in [7, 11) is 0. The summed E-state index contributed by atoms with van der Waals surface area (Å²) >= 11 is 0. The SMILES string of the molecule is O=C(NCC#Cc1ccc(O)c2ccccc12)OCc1ccccc1. The molecule has 25 heavy (non-hydrogen) atoms. The lowest BCUT2D eigenvalue weighted by atomic mass is 10.0. The Morgan fingerprint density at radius 1 is 0.960 bits per heavy atom. The highest BCUT2D eigenvalue weighted by Crippen LogP contribution is 2.26. The number of amides is 1. The molecule has 124 valence electrons. The summed E-state index contributed by atoms with van der Waals surface area (Å²) in [5.74, 6) is 6.14. The zero-order chi connectivity index (χ0) is 17.5. The van der Waals surface area contributed by atoms with E-state index < -0.39 is 6.09 Å². The maximum Gasteiger partial charge on any atom is 0.408 e. The van der Waals surface area contributed by atoms with Crippen molar-refractivity contribution in [3.63, 3.8) is 0 Å². The van der Waals surface area contributed by atoms with Crippen molar-refractivity contribution < 1.29 is 14.6 Å². The Kier molecular flexibility index (Phi) is 5.18. The lowest BCUT2D eigenvalue weighted by Crippen LogP contribution is -2.24. The van der Waals surface area contributed by atoms with E-state index in [4.69, 9.17) is 4.74 Å². The minimum atomic E-state index is -0.506. The molecule has 0 fully saturated rings. The van der Waals surface area contributed by atoms with E-state index in [0.29, 0.717) is 0 Å². The quantitative estimate of drug-likeness (QED) is 0.717. The van der Waals surface area contributed by atoms with E-state index in [9.17, 15) is 9.90 Å². The lowest BCUT2D eigenvalue weighted by Gasteiger charge is -2.04. The monoisotopic (exact) mass is 331 g/mol. The molecule has 0 atom stereocenters. The van der Waals surface area contributed by atoms with Gasteiger partial charge in [-0.25, -0.2) is 4.79 Å². The van der Waals surface area contributed by atoms with Crippen molar-refractivity contribution in [2.75, 3.05) is 6.54 Å². The molecule has 0 saturated carbocycles. The van der Waals surface area contributed by atoms with Crippen LogP contribution in [0.5, 0.6) is 5.75 Å². The van der Waals surface area contributed by atoms with Gasteiger partial charge in [0.05, 0.1) is 6.54 Å². The van der Waals surface area contributed by atoms with E-state index >= 15 is 0 Å². The van der Waals surface area contributed by atoms with Crippen LogP contribution >= 0.6 is 0 Å². The molecule has 3 aromatic carbocycles. The summed E-state index contributed by atoms with van der Waals surface area (Å²) in [6.07, 6.45) is -0.506. The molecular formula is C21H17NO3. The number of carbonyl (C=O) groups is 1. The molecule has 0 spiro atoms. The third-order valence-corrected chi connectivity index (χ3v) is 3.66. The Labute approximate surface area is 146 Å².